The molecule has 17 heavy (non-hydrogen) atoms. The molecule has 0 radical (unpaired) electrons. The van der Waals surface area contributed by atoms with Crippen molar-refractivity contribution in [3.05, 3.63) is 35.9 Å². The number of hydrogen-bond donors (Lipinski definition) is 1. The molecule has 1 aromatic rings. The van der Waals surface area contributed by atoms with Gasteiger partial charge in [0.2, 0.25) is 0 Å². The smallest absolute Gasteiger partial charge is 0.161 e. The maximum Gasteiger partial charge on any atom is 0.161 e. The molecule has 0 saturated heterocycles. The largest absolute Gasteiger partial charge is 0.493 e. The second kappa shape index (κ2) is 6.30. The lowest BCUT2D eigenvalue weighted by Gasteiger charge is -2.13. The molecule has 1 aromatic carbocycles. The fraction of sp³-hybridized carbons (Fsp3) is 0.429. The van der Waals surface area contributed by atoms with Crippen LogP contribution in [0.4, 0.5) is 0 Å². The SMILES string of the molecule is C=C(C)COc1ccc(CC(C)N)cc1OC. The molecule has 0 aliphatic rings. The fourth-order valence-electron chi connectivity index (χ4n) is 1.53. The van der Waals surface area contributed by atoms with Crippen LogP contribution in [0.15, 0.2) is 30.4 Å². The van der Waals surface area contributed by atoms with Crippen LogP contribution in [0, 0.1) is 0 Å². The van der Waals surface area contributed by atoms with Crippen LogP contribution in [0.3, 0.4) is 0 Å². The van der Waals surface area contributed by atoms with Crippen molar-refractivity contribution >= 4 is 0 Å². The zero-order chi connectivity index (χ0) is 12.8. The van der Waals surface area contributed by atoms with E-state index in [-0.39, 0.29) is 6.04 Å². The third kappa shape index (κ3) is 4.49. The van der Waals surface area contributed by atoms with E-state index >= 15 is 0 Å². The van der Waals surface area contributed by atoms with Crippen LogP contribution in [-0.2, 0) is 6.42 Å². The Balaban J connectivity index is 2.81. The van der Waals surface area contributed by atoms with E-state index in [1.807, 2.05) is 32.0 Å². The second-order valence-corrected chi connectivity index (χ2v) is 4.41. The molecule has 0 saturated carbocycles. The minimum atomic E-state index is 0.141. The van der Waals surface area contributed by atoms with Crippen molar-refractivity contribution < 1.29 is 9.47 Å². The van der Waals surface area contributed by atoms with Crippen molar-refractivity contribution in [3.63, 3.8) is 0 Å². The van der Waals surface area contributed by atoms with Gasteiger partial charge in [-0.2, -0.15) is 0 Å². The molecule has 0 spiro atoms. The number of benzene rings is 1. The van der Waals surface area contributed by atoms with Crippen molar-refractivity contribution in [2.24, 2.45) is 5.73 Å². The Morgan fingerprint density at radius 3 is 2.65 bits per heavy atom. The van der Waals surface area contributed by atoms with Crippen molar-refractivity contribution in [3.8, 4) is 11.5 Å². The number of ether oxygens (including phenoxy) is 2. The van der Waals surface area contributed by atoms with Crippen LogP contribution in [0.5, 0.6) is 11.5 Å². The molecule has 0 bridgehead atoms. The number of methoxy groups -OCH3 is 1. The Kier molecular flexibility index (Phi) is 5.04. The number of nitrogens with two attached hydrogens (primary N) is 1. The lowest BCUT2D eigenvalue weighted by Crippen LogP contribution is -2.17. The van der Waals surface area contributed by atoms with E-state index in [2.05, 4.69) is 6.58 Å². The van der Waals surface area contributed by atoms with Gasteiger partial charge in [0.05, 0.1) is 7.11 Å². The summed E-state index contributed by atoms with van der Waals surface area (Å²) in [6.07, 6.45) is 0.830. The highest BCUT2D eigenvalue weighted by Gasteiger charge is 2.07. The molecule has 3 nitrogen and oxygen atoms in total. The van der Waals surface area contributed by atoms with E-state index < -0.39 is 0 Å². The normalized spacial score (nSPS) is 12.0. The predicted octanol–water partition coefficient (Wildman–Crippen LogP) is 2.54. The zero-order valence-electron chi connectivity index (χ0n) is 10.8. The summed E-state index contributed by atoms with van der Waals surface area (Å²) in [5.41, 5.74) is 7.90. The molecule has 0 amide bonds. The molecule has 2 N–H and O–H groups in total. The Morgan fingerprint density at radius 1 is 1.41 bits per heavy atom. The summed E-state index contributed by atoms with van der Waals surface area (Å²) in [5, 5.41) is 0. The molecular weight excluding hydrogens is 214 g/mol. The Bertz CT molecular complexity index is 386. The van der Waals surface area contributed by atoms with Gasteiger partial charge in [0.25, 0.3) is 0 Å². The van der Waals surface area contributed by atoms with Gasteiger partial charge < -0.3 is 15.2 Å². The lowest BCUT2D eigenvalue weighted by atomic mass is 10.1. The van der Waals surface area contributed by atoms with Crippen LogP contribution < -0.4 is 15.2 Å². The number of hydrogen-bond acceptors (Lipinski definition) is 3. The average molecular weight is 235 g/mol. The number of rotatable bonds is 6. The van der Waals surface area contributed by atoms with Crippen LogP contribution >= 0.6 is 0 Å². The van der Waals surface area contributed by atoms with Gasteiger partial charge in [-0.15, -0.1) is 0 Å². The summed E-state index contributed by atoms with van der Waals surface area (Å²) in [4.78, 5) is 0. The van der Waals surface area contributed by atoms with E-state index in [1.165, 1.54) is 0 Å². The highest BCUT2D eigenvalue weighted by molar-refractivity contribution is 5.43. The van der Waals surface area contributed by atoms with Gasteiger partial charge in [-0.25, -0.2) is 0 Å². The van der Waals surface area contributed by atoms with Gasteiger partial charge in [-0.3, -0.25) is 0 Å². The third-order valence-electron chi connectivity index (χ3n) is 2.26. The first-order chi connectivity index (χ1) is 8.02. The fourth-order valence-corrected chi connectivity index (χ4v) is 1.53. The summed E-state index contributed by atoms with van der Waals surface area (Å²) < 4.78 is 10.9. The van der Waals surface area contributed by atoms with E-state index in [0.717, 1.165) is 29.1 Å². The molecule has 0 aliphatic carbocycles. The second-order valence-electron chi connectivity index (χ2n) is 4.41. The van der Waals surface area contributed by atoms with Gasteiger partial charge in [0.15, 0.2) is 11.5 Å². The van der Waals surface area contributed by atoms with Gasteiger partial charge in [-0.1, -0.05) is 12.6 Å². The topological polar surface area (TPSA) is 44.5 Å². The third-order valence-corrected chi connectivity index (χ3v) is 2.26. The Hall–Kier alpha value is -1.48. The quantitative estimate of drug-likeness (QED) is 0.771. The summed E-state index contributed by atoms with van der Waals surface area (Å²) in [5.74, 6) is 1.48. The molecule has 0 aliphatic heterocycles. The monoisotopic (exact) mass is 235 g/mol. The van der Waals surface area contributed by atoms with Gasteiger partial charge in [-0.05, 0) is 43.5 Å². The van der Waals surface area contributed by atoms with Gasteiger partial charge in [0, 0.05) is 6.04 Å². The maximum absolute atomic E-state index is 5.77. The van der Waals surface area contributed by atoms with Crippen molar-refractivity contribution in [2.75, 3.05) is 13.7 Å². The molecule has 1 rings (SSSR count). The first kappa shape index (κ1) is 13.6. The molecular formula is C14H21NO2. The van der Waals surface area contributed by atoms with Crippen molar-refractivity contribution in [2.45, 2.75) is 26.3 Å². The molecule has 0 heterocycles. The maximum atomic E-state index is 5.77. The minimum absolute atomic E-state index is 0.141. The van der Waals surface area contributed by atoms with E-state index in [9.17, 15) is 0 Å². The minimum Gasteiger partial charge on any atom is -0.493 e. The first-order valence-corrected chi connectivity index (χ1v) is 5.72. The first-order valence-electron chi connectivity index (χ1n) is 5.72. The molecule has 94 valence electrons. The van der Waals surface area contributed by atoms with Crippen molar-refractivity contribution in [1.82, 2.24) is 0 Å². The Labute approximate surface area is 103 Å². The van der Waals surface area contributed by atoms with Crippen LogP contribution in [0.1, 0.15) is 19.4 Å². The molecule has 3 heteroatoms. The summed E-state index contributed by atoms with van der Waals surface area (Å²) in [6.45, 7) is 8.21. The Morgan fingerprint density at radius 2 is 2.12 bits per heavy atom. The van der Waals surface area contributed by atoms with Crippen LogP contribution in [0.2, 0.25) is 0 Å². The van der Waals surface area contributed by atoms with Crippen LogP contribution in [-0.4, -0.2) is 19.8 Å². The van der Waals surface area contributed by atoms with E-state index in [1.54, 1.807) is 7.11 Å². The lowest BCUT2D eigenvalue weighted by molar-refractivity contribution is 0.319. The van der Waals surface area contributed by atoms with Crippen molar-refractivity contribution in [1.29, 1.82) is 0 Å². The standard InChI is InChI=1S/C14H21NO2/c1-10(2)9-17-13-6-5-12(7-11(3)15)8-14(13)16-4/h5-6,8,11H,1,7,9,15H2,2-4H3. The molecule has 1 unspecified atom stereocenters. The average Bonchev–Trinajstić information content (AvgIpc) is 2.26. The van der Waals surface area contributed by atoms with E-state index in [4.69, 9.17) is 15.2 Å². The predicted molar refractivity (Wildman–Crippen MR) is 70.7 cm³/mol. The summed E-state index contributed by atoms with van der Waals surface area (Å²) in [7, 11) is 1.64. The molecule has 0 fully saturated rings. The van der Waals surface area contributed by atoms with Gasteiger partial charge in [0.1, 0.15) is 6.61 Å². The van der Waals surface area contributed by atoms with Gasteiger partial charge >= 0.3 is 0 Å². The van der Waals surface area contributed by atoms with E-state index in [0.29, 0.717) is 6.61 Å². The zero-order valence-corrected chi connectivity index (χ0v) is 10.8. The highest BCUT2D eigenvalue weighted by atomic mass is 16.5. The summed E-state index contributed by atoms with van der Waals surface area (Å²) in [6, 6.07) is 6.04. The molecule has 1 atom stereocenters. The highest BCUT2D eigenvalue weighted by Crippen LogP contribution is 2.28. The van der Waals surface area contributed by atoms with Crippen LogP contribution in [0.25, 0.3) is 0 Å². The summed E-state index contributed by atoms with van der Waals surface area (Å²) >= 11 is 0. The molecule has 0 aromatic heterocycles.